The zero-order valence-electron chi connectivity index (χ0n) is 12.7. The topological polar surface area (TPSA) is 55.0 Å². The highest BCUT2D eigenvalue weighted by molar-refractivity contribution is 5.24. The molecule has 1 aromatic heterocycles. The third kappa shape index (κ3) is 2.20. The summed E-state index contributed by atoms with van der Waals surface area (Å²) in [6, 6.07) is 0. The van der Waals surface area contributed by atoms with E-state index in [0.29, 0.717) is 5.41 Å². The van der Waals surface area contributed by atoms with Crippen LogP contribution in [0.4, 0.5) is 0 Å². The summed E-state index contributed by atoms with van der Waals surface area (Å²) < 4.78 is 5.84. The number of nitrogens with one attached hydrogen (secondary N) is 1. The maximum atomic E-state index is 12.2. The molecule has 0 radical (unpaired) electrons. The largest absolute Gasteiger partial charge is 0.370 e. The summed E-state index contributed by atoms with van der Waals surface area (Å²) in [4.78, 5) is 20.0. The van der Waals surface area contributed by atoms with E-state index in [1.807, 2.05) is 0 Å². The van der Waals surface area contributed by atoms with Gasteiger partial charge in [-0.3, -0.25) is 4.79 Å². The van der Waals surface area contributed by atoms with Gasteiger partial charge >= 0.3 is 0 Å². The summed E-state index contributed by atoms with van der Waals surface area (Å²) in [7, 11) is 1.74. The number of aromatic amines is 1. The van der Waals surface area contributed by atoms with Gasteiger partial charge in [0.05, 0.1) is 5.69 Å². The van der Waals surface area contributed by atoms with E-state index >= 15 is 0 Å². The third-order valence-corrected chi connectivity index (χ3v) is 5.18. The average molecular weight is 276 g/mol. The molecular weight excluding hydrogens is 252 g/mol. The number of fused-ring (bicyclic) bond motifs is 1. The fourth-order valence-electron chi connectivity index (χ4n) is 3.53. The lowest BCUT2D eigenvalue weighted by Gasteiger charge is -2.41. The van der Waals surface area contributed by atoms with E-state index in [9.17, 15) is 4.79 Å². The standard InChI is InChI=1S/C16H24N2O2/c1-15(2)7-9-16(20-3,10-8-15)14-17-12-6-4-5-11(12)13(19)18-14/h4-10H2,1-3H3,(H,17,18,19). The van der Waals surface area contributed by atoms with Gasteiger partial charge in [-0.05, 0) is 50.4 Å². The monoisotopic (exact) mass is 276 g/mol. The summed E-state index contributed by atoms with van der Waals surface area (Å²) in [6.45, 7) is 4.59. The number of ether oxygens (including phenoxy) is 1. The van der Waals surface area contributed by atoms with E-state index < -0.39 is 5.60 Å². The number of aryl methyl sites for hydroxylation is 1. The fourth-order valence-corrected chi connectivity index (χ4v) is 3.53. The van der Waals surface area contributed by atoms with Gasteiger partial charge in [-0.2, -0.15) is 0 Å². The Balaban J connectivity index is 1.99. The van der Waals surface area contributed by atoms with Crippen LogP contribution in [-0.4, -0.2) is 17.1 Å². The first-order chi connectivity index (χ1) is 9.46. The first-order valence-electron chi connectivity index (χ1n) is 7.64. The van der Waals surface area contributed by atoms with Gasteiger partial charge in [-0.15, -0.1) is 0 Å². The first kappa shape index (κ1) is 13.8. The summed E-state index contributed by atoms with van der Waals surface area (Å²) >= 11 is 0. The molecule has 0 spiro atoms. The summed E-state index contributed by atoms with van der Waals surface area (Å²) in [5, 5.41) is 0. The number of rotatable bonds is 2. The smallest absolute Gasteiger partial charge is 0.254 e. The van der Waals surface area contributed by atoms with Crippen molar-refractivity contribution in [2.45, 2.75) is 64.4 Å². The number of methoxy groups -OCH3 is 1. The Morgan fingerprint density at radius 3 is 2.50 bits per heavy atom. The molecule has 1 heterocycles. The molecule has 4 heteroatoms. The van der Waals surface area contributed by atoms with Crippen molar-refractivity contribution in [3.8, 4) is 0 Å². The van der Waals surface area contributed by atoms with Gasteiger partial charge in [-0.25, -0.2) is 4.98 Å². The summed E-state index contributed by atoms with van der Waals surface area (Å²) in [5.74, 6) is 0.751. The highest BCUT2D eigenvalue weighted by Gasteiger charge is 2.42. The molecule has 20 heavy (non-hydrogen) atoms. The number of aromatic nitrogens is 2. The van der Waals surface area contributed by atoms with Crippen LogP contribution in [0, 0.1) is 5.41 Å². The highest BCUT2D eigenvalue weighted by Crippen LogP contribution is 2.46. The molecule has 0 unspecified atom stereocenters. The second-order valence-corrected chi connectivity index (χ2v) is 7.06. The molecule has 0 aliphatic heterocycles. The minimum Gasteiger partial charge on any atom is -0.370 e. The zero-order chi connectivity index (χ0) is 14.4. The molecule has 4 nitrogen and oxygen atoms in total. The van der Waals surface area contributed by atoms with Gasteiger partial charge in [0.1, 0.15) is 11.4 Å². The third-order valence-electron chi connectivity index (χ3n) is 5.18. The molecule has 3 rings (SSSR count). The predicted molar refractivity (Wildman–Crippen MR) is 77.8 cm³/mol. The lowest BCUT2D eigenvalue weighted by Crippen LogP contribution is -2.39. The molecule has 2 aliphatic carbocycles. The van der Waals surface area contributed by atoms with E-state index in [1.54, 1.807) is 7.11 Å². The van der Waals surface area contributed by atoms with Crippen molar-refractivity contribution in [1.82, 2.24) is 9.97 Å². The van der Waals surface area contributed by atoms with Crippen molar-refractivity contribution in [3.05, 3.63) is 27.4 Å². The minimum absolute atomic E-state index is 0.0451. The Kier molecular flexibility index (Phi) is 3.24. The van der Waals surface area contributed by atoms with Crippen molar-refractivity contribution >= 4 is 0 Å². The van der Waals surface area contributed by atoms with Crippen molar-refractivity contribution in [1.29, 1.82) is 0 Å². The van der Waals surface area contributed by atoms with Gasteiger partial charge in [0.15, 0.2) is 0 Å². The SMILES string of the molecule is COC1(c2nc3c(c(=O)[nH]2)CCC3)CCC(C)(C)CC1. The van der Waals surface area contributed by atoms with E-state index in [-0.39, 0.29) is 5.56 Å². The van der Waals surface area contributed by atoms with Crippen LogP contribution >= 0.6 is 0 Å². The molecule has 110 valence electrons. The number of hydrogen-bond acceptors (Lipinski definition) is 3. The molecule has 0 bridgehead atoms. The average Bonchev–Trinajstić information content (AvgIpc) is 2.88. The van der Waals surface area contributed by atoms with Gasteiger partial charge in [0.25, 0.3) is 5.56 Å². The van der Waals surface area contributed by atoms with Gasteiger partial charge in [-0.1, -0.05) is 13.8 Å². The quantitative estimate of drug-likeness (QED) is 0.903. The summed E-state index contributed by atoms with van der Waals surface area (Å²) in [5.41, 5.74) is 1.88. The fraction of sp³-hybridized carbons (Fsp3) is 0.750. The Morgan fingerprint density at radius 2 is 1.85 bits per heavy atom. The van der Waals surface area contributed by atoms with Crippen LogP contribution < -0.4 is 5.56 Å². The first-order valence-corrected chi connectivity index (χ1v) is 7.64. The van der Waals surface area contributed by atoms with Gasteiger partial charge < -0.3 is 9.72 Å². The minimum atomic E-state index is -0.397. The Bertz CT molecular complexity index is 564. The van der Waals surface area contributed by atoms with Crippen molar-refractivity contribution in [3.63, 3.8) is 0 Å². The van der Waals surface area contributed by atoms with Crippen LogP contribution in [0.1, 0.15) is 63.0 Å². The molecule has 0 saturated heterocycles. The second kappa shape index (κ2) is 4.69. The second-order valence-electron chi connectivity index (χ2n) is 7.06. The molecule has 1 aromatic rings. The van der Waals surface area contributed by atoms with Gasteiger partial charge in [0.2, 0.25) is 0 Å². The van der Waals surface area contributed by atoms with Crippen LogP contribution in [0.2, 0.25) is 0 Å². The molecular formula is C16H24N2O2. The van der Waals surface area contributed by atoms with E-state index in [2.05, 4.69) is 18.8 Å². The van der Waals surface area contributed by atoms with Crippen molar-refractivity contribution < 1.29 is 4.74 Å². The lowest BCUT2D eigenvalue weighted by molar-refractivity contribution is -0.0732. The number of hydrogen-bond donors (Lipinski definition) is 1. The molecule has 2 aliphatic rings. The Labute approximate surface area is 120 Å². The lowest BCUT2D eigenvalue weighted by atomic mass is 9.70. The molecule has 1 N–H and O–H groups in total. The van der Waals surface area contributed by atoms with Crippen LogP contribution in [0.25, 0.3) is 0 Å². The maximum absolute atomic E-state index is 12.2. The maximum Gasteiger partial charge on any atom is 0.254 e. The van der Waals surface area contributed by atoms with E-state index in [4.69, 9.17) is 9.72 Å². The normalized spacial score (nSPS) is 23.6. The number of H-pyrrole nitrogens is 1. The van der Waals surface area contributed by atoms with Crippen LogP contribution in [0.3, 0.4) is 0 Å². The molecule has 1 fully saturated rings. The summed E-state index contributed by atoms with van der Waals surface area (Å²) in [6.07, 6.45) is 6.89. The van der Waals surface area contributed by atoms with Crippen LogP contribution in [-0.2, 0) is 23.2 Å². The van der Waals surface area contributed by atoms with E-state index in [0.717, 1.165) is 62.0 Å². The molecule has 0 aromatic carbocycles. The molecule has 0 amide bonds. The Hall–Kier alpha value is -1.16. The van der Waals surface area contributed by atoms with Crippen LogP contribution in [0.15, 0.2) is 4.79 Å². The number of nitrogens with zero attached hydrogens (tertiary/aromatic N) is 1. The molecule has 0 atom stereocenters. The zero-order valence-corrected chi connectivity index (χ0v) is 12.7. The Morgan fingerprint density at radius 1 is 1.15 bits per heavy atom. The predicted octanol–water partition coefficient (Wildman–Crippen LogP) is 2.70. The van der Waals surface area contributed by atoms with Crippen molar-refractivity contribution in [2.24, 2.45) is 5.41 Å². The van der Waals surface area contributed by atoms with Crippen LogP contribution in [0.5, 0.6) is 0 Å². The van der Waals surface area contributed by atoms with E-state index in [1.165, 1.54) is 0 Å². The molecule has 1 saturated carbocycles. The van der Waals surface area contributed by atoms with Gasteiger partial charge in [0, 0.05) is 12.7 Å². The van der Waals surface area contributed by atoms with Crippen molar-refractivity contribution in [2.75, 3.05) is 7.11 Å². The highest BCUT2D eigenvalue weighted by atomic mass is 16.5.